The monoisotopic (exact) mass is 269 g/mol. The van der Waals surface area contributed by atoms with Crippen molar-refractivity contribution in [2.45, 2.75) is 18.8 Å². The first kappa shape index (κ1) is 14.4. The third-order valence-corrected chi connectivity index (χ3v) is 3.50. The molecule has 0 aromatic heterocycles. The molecule has 1 unspecified atom stereocenters. The Hall–Kier alpha value is -1.96. The van der Waals surface area contributed by atoms with E-state index in [-0.39, 0.29) is 0 Å². The fourth-order valence-corrected chi connectivity index (χ4v) is 2.27. The minimum Gasteiger partial charge on any atom is -0.493 e. The molecule has 0 heterocycles. The van der Waals surface area contributed by atoms with Crippen molar-refractivity contribution in [2.24, 2.45) is 0 Å². The van der Waals surface area contributed by atoms with E-state index in [1.54, 1.807) is 14.2 Å². The average Bonchev–Trinajstić information content (AvgIpc) is 2.53. The molecule has 0 saturated carbocycles. The van der Waals surface area contributed by atoms with Crippen LogP contribution in [0.5, 0.6) is 11.5 Å². The molecule has 20 heavy (non-hydrogen) atoms. The standard InChI is InChI=1S/C18H21O2/c1-14(16-7-5-4-6-8-16)9-10-15-11-12-17(19-2)18(13-15)20-3/h4-8,11-14H,1,9-10H2,2-3H3. The maximum Gasteiger partial charge on any atom is 0.160 e. The molecule has 2 heteroatoms. The van der Waals surface area contributed by atoms with Crippen molar-refractivity contribution in [3.05, 3.63) is 66.6 Å². The second kappa shape index (κ2) is 6.99. The molecule has 1 atom stereocenters. The fraction of sp³-hybridized carbons (Fsp3) is 0.278. The van der Waals surface area contributed by atoms with Crippen LogP contribution in [-0.4, -0.2) is 14.2 Å². The molecule has 0 amide bonds. The molecule has 0 aliphatic rings. The summed E-state index contributed by atoms with van der Waals surface area (Å²) in [5, 5.41) is 0. The molecule has 0 spiro atoms. The first-order chi connectivity index (χ1) is 9.74. The van der Waals surface area contributed by atoms with Crippen LogP contribution < -0.4 is 9.47 Å². The van der Waals surface area contributed by atoms with Crippen LogP contribution in [0.4, 0.5) is 0 Å². The number of methoxy groups -OCH3 is 2. The summed E-state index contributed by atoms with van der Waals surface area (Å²) in [6.45, 7) is 4.24. The number of ether oxygens (including phenoxy) is 2. The van der Waals surface area contributed by atoms with Gasteiger partial charge in [0.25, 0.3) is 0 Å². The van der Waals surface area contributed by atoms with E-state index in [2.05, 4.69) is 37.3 Å². The Morgan fingerprint density at radius 2 is 1.65 bits per heavy atom. The Bertz CT molecular complexity index is 534. The van der Waals surface area contributed by atoms with Crippen LogP contribution in [0.15, 0.2) is 48.5 Å². The predicted molar refractivity (Wildman–Crippen MR) is 82.4 cm³/mol. The molecule has 0 fully saturated rings. The van der Waals surface area contributed by atoms with Crippen molar-refractivity contribution >= 4 is 0 Å². The highest BCUT2D eigenvalue weighted by molar-refractivity contribution is 5.43. The highest BCUT2D eigenvalue weighted by atomic mass is 16.5. The minimum absolute atomic E-state index is 0.310. The number of hydrogen-bond donors (Lipinski definition) is 0. The lowest BCUT2D eigenvalue weighted by atomic mass is 9.94. The van der Waals surface area contributed by atoms with Gasteiger partial charge in [-0.1, -0.05) is 36.4 Å². The number of aryl methyl sites for hydroxylation is 1. The topological polar surface area (TPSA) is 18.5 Å². The molecule has 0 saturated heterocycles. The van der Waals surface area contributed by atoms with E-state index in [0.717, 1.165) is 24.3 Å². The van der Waals surface area contributed by atoms with Crippen LogP contribution >= 0.6 is 0 Å². The van der Waals surface area contributed by atoms with Gasteiger partial charge in [-0.05, 0) is 48.9 Å². The molecule has 0 aliphatic carbocycles. The van der Waals surface area contributed by atoms with E-state index >= 15 is 0 Å². The summed E-state index contributed by atoms with van der Waals surface area (Å²) in [6.07, 6.45) is 1.99. The van der Waals surface area contributed by atoms with Crippen LogP contribution in [0.3, 0.4) is 0 Å². The summed E-state index contributed by atoms with van der Waals surface area (Å²) in [6, 6.07) is 16.5. The van der Waals surface area contributed by atoms with Gasteiger partial charge in [0.15, 0.2) is 11.5 Å². The van der Waals surface area contributed by atoms with Crippen molar-refractivity contribution in [2.75, 3.05) is 14.2 Å². The lowest BCUT2D eigenvalue weighted by molar-refractivity contribution is 0.354. The molecular formula is C18H21O2. The molecule has 2 aromatic carbocycles. The van der Waals surface area contributed by atoms with Crippen molar-refractivity contribution in [1.29, 1.82) is 0 Å². The van der Waals surface area contributed by atoms with E-state index in [1.165, 1.54) is 11.1 Å². The Labute approximate surface area is 121 Å². The highest BCUT2D eigenvalue weighted by Crippen LogP contribution is 2.29. The average molecular weight is 269 g/mol. The second-order valence-electron chi connectivity index (χ2n) is 4.84. The van der Waals surface area contributed by atoms with E-state index in [0.29, 0.717) is 5.92 Å². The fourth-order valence-electron chi connectivity index (χ4n) is 2.27. The lowest BCUT2D eigenvalue weighted by Crippen LogP contribution is -1.98. The van der Waals surface area contributed by atoms with Gasteiger partial charge in [0.05, 0.1) is 14.2 Å². The van der Waals surface area contributed by atoms with E-state index in [1.807, 2.05) is 18.2 Å². The van der Waals surface area contributed by atoms with Crippen molar-refractivity contribution < 1.29 is 9.47 Å². The summed E-state index contributed by atoms with van der Waals surface area (Å²) in [5.74, 6) is 1.86. The SMILES string of the molecule is [CH2]C(CCc1ccc(OC)c(OC)c1)c1ccccc1. The van der Waals surface area contributed by atoms with Gasteiger partial charge in [-0.15, -0.1) is 0 Å². The highest BCUT2D eigenvalue weighted by Gasteiger charge is 2.08. The van der Waals surface area contributed by atoms with Gasteiger partial charge in [0.2, 0.25) is 0 Å². The maximum atomic E-state index is 5.33. The largest absolute Gasteiger partial charge is 0.493 e. The van der Waals surface area contributed by atoms with Gasteiger partial charge in [-0.3, -0.25) is 0 Å². The first-order valence-corrected chi connectivity index (χ1v) is 6.83. The van der Waals surface area contributed by atoms with E-state index in [4.69, 9.17) is 9.47 Å². The summed E-state index contributed by atoms with van der Waals surface area (Å²) >= 11 is 0. The number of hydrogen-bond acceptors (Lipinski definition) is 2. The molecular weight excluding hydrogens is 248 g/mol. The minimum atomic E-state index is 0.310. The van der Waals surface area contributed by atoms with Gasteiger partial charge in [0.1, 0.15) is 0 Å². The lowest BCUT2D eigenvalue weighted by Gasteiger charge is -2.13. The van der Waals surface area contributed by atoms with Gasteiger partial charge in [-0.25, -0.2) is 0 Å². The molecule has 2 aromatic rings. The van der Waals surface area contributed by atoms with Crippen LogP contribution in [0.25, 0.3) is 0 Å². The third kappa shape index (κ3) is 3.53. The first-order valence-electron chi connectivity index (χ1n) is 6.83. The molecule has 2 nitrogen and oxygen atoms in total. The Kier molecular flexibility index (Phi) is 5.05. The quantitative estimate of drug-likeness (QED) is 0.780. The molecule has 2 rings (SSSR count). The number of benzene rings is 2. The molecule has 0 N–H and O–H groups in total. The van der Waals surface area contributed by atoms with Gasteiger partial charge in [0, 0.05) is 0 Å². The second-order valence-corrected chi connectivity index (χ2v) is 4.84. The van der Waals surface area contributed by atoms with Crippen LogP contribution in [-0.2, 0) is 6.42 Å². The van der Waals surface area contributed by atoms with Crippen LogP contribution in [0.2, 0.25) is 0 Å². The zero-order chi connectivity index (χ0) is 14.4. The molecule has 0 aliphatic heterocycles. The molecule has 0 bridgehead atoms. The Balaban J connectivity index is 2.00. The van der Waals surface area contributed by atoms with Crippen molar-refractivity contribution in [3.63, 3.8) is 0 Å². The van der Waals surface area contributed by atoms with E-state index in [9.17, 15) is 0 Å². The zero-order valence-electron chi connectivity index (χ0n) is 12.1. The van der Waals surface area contributed by atoms with Gasteiger partial charge < -0.3 is 9.47 Å². The predicted octanol–water partition coefficient (Wildman–Crippen LogP) is 4.25. The summed E-state index contributed by atoms with van der Waals surface area (Å²) in [4.78, 5) is 0. The summed E-state index contributed by atoms with van der Waals surface area (Å²) in [5.41, 5.74) is 2.53. The van der Waals surface area contributed by atoms with E-state index < -0.39 is 0 Å². The summed E-state index contributed by atoms with van der Waals surface area (Å²) in [7, 11) is 3.31. The van der Waals surface area contributed by atoms with Crippen LogP contribution in [0.1, 0.15) is 23.5 Å². The summed E-state index contributed by atoms with van der Waals surface area (Å²) < 4.78 is 10.6. The van der Waals surface area contributed by atoms with Crippen LogP contribution in [0, 0.1) is 6.92 Å². The number of rotatable bonds is 6. The third-order valence-electron chi connectivity index (χ3n) is 3.50. The smallest absolute Gasteiger partial charge is 0.160 e. The maximum absolute atomic E-state index is 5.33. The molecule has 1 radical (unpaired) electrons. The zero-order valence-corrected chi connectivity index (χ0v) is 12.1. The van der Waals surface area contributed by atoms with Crippen molar-refractivity contribution in [1.82, 2.24) is 0 Å². The van der Waals surface area contributed by atoms with Crippen molar-refractivity contribution in [3.8, 4) is 11.5 Å². The Morgan fingerprint density at radius 3 is 2.30 bits per heavy atom. The molecule has 105 valence electrons. The van der Waals surface area contributed by atoms with Gasteiger partial charge in [-0.2, -0.15) is 0 Å². The van der Waals surface area contributed by atoms with Gasteiger partial charge >= 0.3 is 0 Å². The normalized spacial score (nSPS) is 11.9. The Morgan fingerprint density at radius 1 is 0.950 bits per heavy atom.